The molecular weight excluding hydrogens is 269 g/mol. The SMILES string of the molecule is N#CCCC(F)(F)C(F)(F)C(F)(F)C(F)(F)F. The quantitative estimate of drug-likeness (QED) is 0.715. The van der Waals surface area contributed by atoms with Gasteiger partial charge in [0.05, 0.1) is 6.07 Å². The predicted octanol–water partition coefficient (Wildman–Crippen LogP) is 3.76. The predicted molar refractivity (Wildman–Crippen MR) is 35.7 cm³/mol. The average molecular weight is 273 g/mol. The first-order valence-electron chi connectivity index (χ1n) is 3.88. The lowest BCUT2D eigenvalue weighted by atomic mass is 10.00. The van der Waals surface area contributed by atoms with Crippen LogP contribution in [0.2, 0.25) is 0 Å². The lowest BCUT2D eigenvalue weighted by molar-refractivity contribution is -0.396. The Balaban J connectivity index is 5.33. The Kier molecular flexibility index (Phi) is 3.98. The molecule has 0 bridgehead atoms. The minimum atomic E-state index is -6.88. The molecule has 0 N–H and O–H groups in total. The molecule has 0 aliphatic carbocycles. The molecule has 0 aromatic heterocycles. The van der Waals surface area contributed by atoms with E-state index in [0.717, 1.165) is 6.07 Å². The third-order valence-electron chi connectivity index (χ3n) is 1.76. The molecule has 0 atom stereocenters. The molecule has 0 aliphatic rings. The van der Waals surface area contributed by atoms with Crippen molar-refractivity contribution in [1.82, 2.24) is 0 Å². The molecule has 0 aromatic carbocycles. The van der Waals surface area contributed by atoms with Gasteiger partial charge < -0.3 is 0 Å². The van der Waals surface area contributed by atoms with E-state index in [4.69, 9.17) is 5.26 Å². The Hall–Kier alpha value is -1.14. The van der Waals surface area contributed by atoms with Crippen molar-refractivity contribution in [2.75, 3.05) is 0 Å². The Morgan fingerprint density at radius 1 is 0.765 bits per heavy atom. The Bertz CT molecular complexity index is 310. The first-order chi connectivity index (χ1) is 7.31. The van der Waals surface area contributed by atoms with Crippen LogP contribution < -0.4 is 0 Å². The summed E-state index contributed by atoms with van der Waals surface area (Å²) in [6.07, 6.45) is -10.2. The molecule has 0 saturated heterocycles. The van der Waals surface area contributed by atoms with Gasteiger partial charge in [0.25, 0.3) is 0 Å². The fraction of sp³-hybridized carbons (Fsp3) is 0.857. The average Bonchev–Trinajstić information content (AvgIpc) is 2.12. The van der Waals surface area contributed by atoms with Crippen LogP contribution in [-0.2, 0) is 0 Å². The minimum Gasteiger partial charge on any atom is -0.200 e. The van der Waals surface area contributed by atoms with Gasteiger partial charge in [-0.25, -0.2) is 0 Å². The van der Waals surface area contributed by atoms with E-state index in [2.05, 4.69) is 0 Å². The molecule has 0 radical (unpaired) electrons. The van der Waals surface area contributed by atoms with Gasteiger partial charge in [-0.05, 0) is 0 Å². The third-order valence-corrected chi connectivity index (χ3v) is 1.76. The van der Waals surface area contributed by atoms with E-state index >= 15 is 0 Å². The maximum absolute atomic E-state index is 12.5. The van der Waals surface area contributed by atoms with Crippen LogP contribution in [0.3, 0.4) is 0 Å². The Morgan fingerprint density at radius 2 is 1.18 bits per heavy atom. The molecule has 100 valence electrons. The van der Waals surface area contributed by atoms with E-state index < -0.39 is 36.8 Å². The van der Waals surface area contributed by atoms with E-state index in [1.807, 2.05) is 0 Å². The van der Waals surface area contributed by atoms with Crippen molar-refractivity contribution >= 4 is 0 Å². The highest BCUT2D eigenvalue weighted by Gasteiger charge is 2.81. The number of hydrogen-bond donors (Lipinski definition) is 0. The summed E-state index contributed by atoms with van der Waals surface area (Å²) in [7, 11) is 0. The zero-order valence-electron chi connectivity index (χ0n) is 7.76. The molecule has 1 nitrogen and oxygen atoms in total. The molecular formula is C7H4F9N. The van der Waals surface area contributed by atoms with E-state index in [0.29, 0.717) is 0 Å². The summed E-state index contributed by atoms with van der Waals surface area (Å²) >= 11 is 0. The lowest BCUT2D eigenvalue weighted by Gasteiger charge is -2.33. The van der Waals surface area contributed by atoms with Crippen molar-refractivity contribution in [2.24, 2.45) is 0 Å². The molecule has 0 spiro atoms. The molecule has 10 heteroatoms. The summed E-state index contributed by atoms with van der Waals surface area (Å²) in [4.78, 5) is 0. The monoisotopic (exact) mass is 273 g/mol. The van der Waals surface area contributed by atoms with Crippen molar-refractivity contribution in [2.45, 2.75) is 36.8 Å². The standard InChI is InChI=1S/C7H4F9N/c8-4(9,2-1-3-17)5(10,11)6(12,13)7(14,15)16/h1-2H2. The van der Waals surface area contributed by atoms with Gasteiger partial charge in [-0.2, -0.15) is 44.8 Å². The molecule has 0 rings (SSSR count). The van der Waals surface area contributed by atoms with Crippen molar-refractivity contribution < 1.29 is 39.5 Å². The number of nitriles is 1. The molecule has 0 saturated carbocycles. The summed E-state index contributed by atoms with van der Waals surface area (Å²) in [5, 5.41) is 7.82. The highest BCUT2D eigenvalue weighted by molar-refractivity contribution is 5.01. The topological polar surface area (TPSA) is 23.8 Å². The van der Waals surface area contributed by atoms with Gasteiger partial charge >= 0.3 is 23.9 Å². The van der Waals surface area contributed by atoms with Crippen LogP contribution in [0.25, 0.3) is 0 Å². The third kappa shape index (κ3) is 2.58. The van der Waals surface area contributed by atoms with Gasteiger partial charge in [0.2, 0.25) is 0 Å². The van der Waals surface area contributed by atoms with Gasteiger partial charge in [0.1, 0.15) is 0 Å². The van der Waals surface area contributed by atoms with Gasteiger partial charge in [-0.3, -0.25) is 0 Å². The summed E-state index contributed by atoms with van der Waals surface area (Å²) in [6, 6.07) is 0.947. The number of halogens is 9. The molecule has 0 unspecified atom stereocenters. The van der Waals surface area contributed by atoms with Crippen LogP contribution >= 0.6 is 0 Å². The summed E-state index contributed by atoms with van der Waals surface area (Å²) < 4.78 is 109. The largest absolute Gasteiger partial charge is 0.460 e. The first-order valence-corrected chi connectivity index (χ1v) is 3.88. The lowest BCUT2D eigenvalue weighted by Crippen LogP contribution is -2.60. The van der Waals surface area contributed by atoms with Crippen molar-refractivity contribution in [3.8, 4) is 6.07 Å². The zero-order valence-corrected chi connectivity index (χ0v) is 7.76. The van der Waals surface area contributed by atoms with E-state index in [9.17, 15) is 39.5 Å². The fourth-order valence-electron chi connectivity index (χ4n) is 0.778. The van der Waals surface area contributed by atoms with Crippen LogP contribution in [0, 0.1) is 11.3 Å². The minimum absolute atomic E-state index is 0.947. The highest BCUT2D eigenvalue weighted by atomic mass is 19.4. The van der Waals surface area contributed by atoms with Gasteiger partial charge in [-0.1, -0.05) is 0 Å². The molecule has 0 fully saturated rings. The molecule has 0 aliphatic heterocycles. The fourth-order valence-corrected chi connectivity index (χ4v) is 0.778. The number of rotatable bonds is 4. The summed E-state index contributed by atoms with van der Waals surface area (Å²) in [5.41, 5.74) is 0. The zero-order chi connectivity index (χ0) is 14.1. The van der Waals surface area contributed by atoms with Crippen LogP contribution in [0.5, 0.6) is 0 Å². The number of nitrogens with zero attached hydrogens (tertiary/aromatic N) is 1. The number of hydrogen-bond acceptors (Lipinski definition) is 1. The summed E-state index contributed by atoms with van der Waals surface area (Å²) in [6.45, 7) is 0. The Labute approximate surface area is 88.8 Å². The molecule has 0 amide bonds. The van der Waals surface area contributed by atoms with Gasteiger partial charge in [-0.15, -0.1) is 0 Å². The molecule has 0 aromatic rings. The summed E-state index contributed by atoms with van der Waals surface area (Å²) in [5.74, 6) is -19.1. The maximum Gasteiger partial charge on any atom is 0.460 e. The van der Waals surface area contributed by atoms with Gasteiger partial charge in [0, 0.05) is 12.8 Å². The van der Waals surface area contributed by atoms with Crippen molar-refractivity contribution in [3.63, 3.8) is 0 Å². The van der Waals surface area contributed by atoms with Crippen LogP contribution in [-0.4, -0.2) is 23.9 Å². The first kappa shape index (κ1) is 15.9. The number of alkyl halides is 9. The highest BCUT2D eigenvalue weighted by Crippen LogP contribution is 2.54. The molecule has 17 heavy (non-hydrogen) atoms. The van der Waals surface area contributed by atoms with E-state index in [-0.39, 0.29) is 0 Å². The normalized spacial score (nSPS) is 14.6. The second-order valence-electron chi connectivity index (χ2n) is 3.01. The second kappa shape index (κ2) is 4.27. The van der Waals surface area contributed by atoms with Crippen LogP contribution in [0.4, 0.5) is 39.5 Å². The van der Waals surface area contributed by atoms with Crippen LogP contribution in [0.15, 0.2) is 0 Å². The van der Waals surface area contributed by atoms with Crippen molar-refractivity contribution in [3.05, 3.63) is 0 Å². The van der Waals surface area contributed by atoms with E-state index in [1.54, 1.807) is 0 Å². The van der Waals surface area contributed by atoms with E-state index in [1.165, 1.54) is 0 Å². The molecule has 0 heterocycles. The smallest absolute Gasteiger partial charge is 0.200 e. The van der Waals surface area contributed by atoms with Gasteiger partial charge in [0.15, 0.2) is 0 Å². The van der Waals surface area contributed by atoms with Crippen LogP contribution in [0.1, 0.15) is 12.8 Å². The second-order valence-corrected chi connectivity index (χ2v) is 3.01. The Morgan fingerprint density at radius 3 is 1.47 bits per heavy atom. The maximum atomic E-state index is 12.5. The van der Waals surface area contributed by atoms with Crippen molar-refractivity contribution in [1.29, 1.82) is 5.26 Å².